The fourth-order valence-electron chi connectivity index (χ4n) is 2.58. The van der Waals surface area contributed by atoms with Gasteiger partial charge in [-0.2, -0.15) is 0 Å². The molecule has 3 N–H and O–H groups in total. The summed E-state index contributed by atoms with van der Waals surface area (Å²) in [5.41, 5.74) is 0.512. The summed E-state index contributed by atoms with van der Waals surface area (Å²) in [6, 6.07) is 0. The molecule has 2 aromatic rings. The summed E-state index contributed by atoms with van der Waals surface area (Å²) in [7, 11) is 0. The highest BCUT2D eigenvalue weighted by Gasteiger charge is 2.40. The SMILES string of the molecule is Cc1c(I)c(O)c2c(c1I)C(=O)c1c(I)c(O)c(I)c(O)c1C2=O. The zero-order valence-electron chi connectivity index (χ0n) is 11.7. The summed E-state index contributed by atoms with van der Waals surface area (Å²) < 4.78 is 1.36. The van der Waals surface area contributed by atoms with Crippen molar-refractivity contribution in [1.82, 2.24) is 0 Å². The van der Waals surface area contributed by atoms with Gasteiger partial charge in [0.25, 0.3) is 0 Å². The molecule has 0 radical (unpaired) electrons. The largest absolute Gasteiger partial charge is 0.506 e. The van der Waals surface area contributed by atoms with Crippen molar-refractivity contribution >= 4 is 102 Å². The number of carbonyl (C=O) groups excluding carboxylic acids is 2. The van der Waals surface area contributed by atoms with Gasteiger partial charge in [-0.05, 0) is 103 Å². The summed E-state index contributed by atoms with van der Waals surface area (Å²) >= 11 is 7.39. The third-order valence-electron chi connectivity index (χ3n) is 3.81. The quantitative estimate of drug-likeness (QED) is 0.297. The molecule has 2 aromatic carbocycles. The minimum atomic E-state index is -0.624. The van der Waals surface area contributed by atoms with Crippen LogP contribution in [0.4, 0.5) is 0 Å². The van der Waals surface area contributed by atoms with Gasteiger partial charge in [0.15, 0.2) is 5.78 Å². The van der Waals surface area contributed by atoms with Gasteiger partial charge in [0.1, 0.15) is 17.2 Å². The first-order valence-corrected chi connectivity index (χ1v) is 10.6. The molecule has 0 bridgehead atoms. The molecule has 1 aliphatic carbocycles. The molecule has 0 amide bonds. The molecular formula is C15H6I4O5. The molecule has 24 heavy (non-hydrogen) atoms. The molecule has 9 heteroatoms. The summed E-state index contributed by atoms with van der Waals surface area (Å²) in [6.45, 7) is 1.75. The van der Waals surface area contributed by atoms with Crippen LogP contribution >= 0.6 is 90.4 Å². The lowest BCUT2D eigenvalue weighted by Crippen LogP contribution is -2.25. The molecule has 3 rings (SSSR count). The highest BCUT2D eigenvalue weighted by atomic mass is 127. The van der Waals surface area contributed by atoms with E-state index in [9.17, 15) is 24.9 Å². The zero-order chi connectivity index (χ0) is 18.1. The smallest absolute Gasteiger partial charge is 0.202 e. The second-order valence-electron chi connectivity index (χ2n) is 5.08. The van der Waals surface area contributed by atoms with Crippen LogP contribution in [0.25, 0.3) is 0 Å². The van der Waals surface area contributed by atoms with E-state index in [1.54, 1.807) is 52.1 Å². The van der Waals surface area contributed by atoms with Crippen molar-refractivity contribution in [3.05, 3.63) is 42.1 Å². The van der Waals surface area contributed by atoms with Crippen LogP contribution in [0.1, 0.15) is 37.4 Å². The van der Waals surface area contributed by atoms with Crippen molar-refractivity contribution in [2.24, 2.45) is 0 Å². The third-order valence-corrected chi connectivity index (χ3v) is 8.55. The number of phenols is 3. The van der Waals surface area contributed by atoms with E-state index in [-0.39, 0.29) is 40.9 Å². The molecule has 5 nitrogen and oxygen atoms in total. The van der Waals surface area contributed by atoms with Crippen LogP contribution in [0, 0.1) is 21.2 Å². The second-order valence-corrected chi connectivity index (χ2v) is 9.40. The Hall–Kier alpha value is 0.1000. The topological polar surface area (TPSA) is 94.8 Å². The molecule has 0 saturated carbocycles. The summed E-state index contributed by atoms with van der Waals surface area (Å²) in [6.07, 6.45) is 0. The van der Waals surface area contributed by atoms with Crippen LogP contribution in [0.3, 0.4) is 0 Å². The summed E-state index contributed by atoms with van der Waals surface area (Å²) in [4.78, 5) is 26.0. The zero-order valence-corrected chi connectivity index (χ0v) is 20.3. The van der Waals surface area contributed by atoms with Crippen molar-refractivity contribution in [1.29, 1.82) is 0 Å². The Kier molecular flexibility index (Phi) is 5.01. The van der Waals surface area contributed by atoms with Gasteiger partial charge in [-0.25, -0.2) is 0 Å². The lowest BCUT2D eigenvalue weighted by molar-refractivity contribution is 0.0972. The molecule has 0 aromatic heterocycles. The van der Waals surface area contributed by atoms with Crippen molar-refractivity contribution in [2.75, 3.05) is 0 Å². The Morgan fingerprint density at radius 1 is 0.583 bits per heavy atom. The number of fused-ring (bicyclic) bond motifs is 2. The third kappa shape index (κ3) is 2.39. The van der Waals surface area contributed by atoms with Gasteiger partial charge in [0.2, 0.25) is 5.78 Å². The monoisotopic (exact) mass is 774 g/mol. The fraction of sp³-hybridized carbons (Fsp3) is 0.0667. The van der Waals surface area contributed by atoms with Gasteiger partial charge in [0.05, 0.1) is 33.0 Å². The highest BCUT2D eigenvalue weighted by molar-refractivity contribution is 14.1. The van der Waals surface area contributed by atoms with E-state index in [4.69, 9.17) is 0 Å². The van der Waals surface area contributed by atoms with Crippen LogP contribution in [0.2, 0.25) is 0 Å². The maximum atomic E-state index is 13.0. The highest BCUT2D eigenvalue weighted by Crippen LogP contribution is 2.47. The van der Waals surface area contributed by atoms with Crippen LogP contribution in [-0.2, 0) is 0 Å². The molecule has 0 spiro atoms. The van der Waals surface area contributed by atoms with Gasteiger partial charge in [0, 0.05) is 3.57 Å². The Morgan fingerprint density at radius 2 is 1.00 bits per heavy atom. The molecule has 0 aliphatic heterocycles. The molecule has 0 fully saturated rings. The van der Waals surface area contributed by atoms with Crippen molar-refractivity contribution in [3.63, 3.8) is 0 Å². The van der Waals surface area contributed by atoms with E-state index in [1.807, 2.05) is 45.2 Å². The second kappa shape index (κ2) is 6.37. The maximum absolute atomic E-state index is 13.0. The van der Waals surface area contributed by atoms with Gasteiger partial charge < -0.3 is 15.3 Å². The maximum Gasteiger partial charge on any atom is 0.202 e. The van der Waals surface area contributed by atoms with Gasteiger partial charge >= 0.3 is 0 Å². The van der Waals surface area contributed by atoms with Gasteiger partial charge in [-0.1, -0.05) is 0 Å². The average molecular weight is 774 g/mol. The Morgan fingerprint density at radius 3 is 1.54 bits per heavy atom. The number of ketones is 2. The predicted molar refractivity (Wildman–Crippen MR) is 120 cm³/mol. The Bertz CT molecular complexity index is 828. The number of hydrogen-bond acceptors (Lipinski definition) is 5. The van der Waals surface area contributed by atoms with E-state index in [0.29, 0.717) is 12.7 Å². The standard InChI is InChI=1S/C15H6I4O5/c1-2-7(16)3-5(13(22)8(2)17)12(21)6-4(11(3)20)9(18)15(24)10(19)14(6)23/h22-24H,1H3. The number of rotatable bonds is 0. The average Bonchev–Trinajstić information content (AvgIpc) is 2.55. The molecule has 124 valence electrons. The molecule has 0 heterocycles. The number of phenolic OH excluding ortho intramolecular Hbond substituents is 3. The van der Waals surface area contributed by atoms with E-state index >= 15 is 0 Å². The lowest BCUT2D eigenvalue weighted by Gasteiger charge is -2.24. The first kappa shape index (κ1) is 18.9. The molecular weight excluding hydrogens is 768 g/mol. The Balaban J connectivity index is 2.53. The molecule has 0 saturated heterocycles. The van der Waals surface area contributed by atoms with Crippen LogP contribution in [0.15, 0.2) is 0 Å². The summed E-state index contributed by atoms with van der Waals surface area (Å²) in [5.74, 6) is -2.06. The van der Waals surface area contributed by atoms with Gasteiger partial charge in [-0.15, -0.1) is 0 Å². The molecule has 0 atom stereocenters. The van der Waals surface area contributed by atoms with Crippen LogP contribution < -0.4 is 0 Å². The summed E-state index contributed by atoms with van der Waals surface area (Å²) in [5, 5.41) is 30.9. The Labute approximate surface area is 190 Å². The van der Waals surface area contributed by atoms with E-state index in [1.165, 1.54) is 0 Å². The van der Waals surface area contributed by atoms with Crippen molar-refractivity contribution in [3.8, 4) is 17.2 Å². The van der Waals surface area contributed by atoms with Gasteiger partial charge in [-0.3, -0.25) is 9.59 Å². The van der Waals surface area contributed by atoms with E-state index in [2.05, 4.69) is 0 Å². The molecule has 0 unspecified atom stereocenters. The number of carbonyl (C=O) groups is 2. The molecule has 1 aliphatic rings. The first-order valence-electron chi connectivity index (χ1n) is 6.33. The first-order chi connectivity index (χ1) is 11.1. The predicted octanol–water partition coefficient (Wildman–Crippen LogP) is 4.31. The normalized spacial score (nSPS) is 13.0. The van der Waals surface area contributed by atoms with E-state index in [0.717, 1.165) is 0 Å². The number of aromatic hydroxyl groups is 3. The fourth-order valence-corrected chi connectivity index (χ4v) is 6.26. The minimum absolute atomic E-state index is 0.0264. The van der Waals surface area contributed by atoms with Crippen LogP contribution in [-0.4, -0.2) is 26.9 Å². The van der Waals surface area contributed by atoms with Crippen molar-refractivity contribution in [2.45, 2.75) is 6.92 Å². The number of hydrogen-bond donors (Lipinski definition) is 3. The minimum Gasteiger partial charge on any atom is -0.506 e. The lowest BCUT2D eigenvalue weighted by atomic mass is 9.82. The number of halogens is 4. The number of benzene rings is 2. The van der Waals surface area contributed by atoms with Crippen molar-refractivity contribution < 1.29 is 24.9 Å². The van der Waals surface area contributed by atoms with E-state index < -0.39 is 17.3 Å². The van der Waals surface area contributed by atoms with Crippen LogP contribution in [0.5, 0.6) is 17.2 Å².